The van der Waals surface area contributed by atoms with Crippen molar-refractivity contribution >= 4 is 23.8 Å². The number of rotatable bonds is 6. The summed E-state index contributed by atoms with van der Waals surface area (Å²) in [6.45, 7) is 0. The fourth-order valence-electron chi connectivity index (χ4n) is 0.851. The van der Waals surface area contributed by atoms with Gasteiger partial charge in [0.05, 0.1) is 40.6 Å². The number of amides is 1. The molecule has 0 atom stereocenters. The van der Waals surface area contributed by atoms with Gasteiger partial charge in [0.2, 0.25) is 5.91 Å². The summed E-state index contributed by atoms with van der Waals surface area (Å²) in [5.74, 6) is -1.30. The summed E-state index contributed by atoms with van der Waals surface area (Å²) in [6, 6.07) is 0. The zero-order valence-electron chi connectivity index (χ0n) is 14.7. The molecule has 9 heteroatoms. The molecule has 0 spiro atoms. The van der Waals surface area contributed by atoms with E-state index in [0.29, 0.717) is 0 Å². The van der Waals surface area contributed by atoms with Crippen LogP contribution in [0, 0.1) is 0 Å². The summed E-state index contributed by atoms with van der Waals surface area (Å²) in [7, 11) is 9.13. The lowest BCUT2D eigenvalue weighted by molar-refractivity contribution is -0.147. The first-order chi connectivity index (χ1) is 10.8. The second-order valence-corrected chi connectivity index (χ2v) is 3.90. The smallest absolute Gasteiger partial charge is 0.306 e. The molecule has 0 unspecified atom stereocenters. The molecule has 2 N–H and O–H groups in total. The SMILES string of the molecule is CNC.CNC(=O)CCC(=O)OC.COC(=O)CCC(=O)OC. The van der Waals surface area contributed by atoms with Gasteiger partial charge in [-0.15, -0.1) is 0 Å². The van der Waals surface area contributed by atoms with Crippen LogP contribution in [0.25, 0.3) is 0 Å². The minimum absolute atomic E-state index is 0.0865. The number of ether oxygens (including phenoxy) is 3. The number of carbonyl (C=O) groups is 4. The fraction of sp³-hybridized carbons (Fsp3) is 0.714. The Bertz CT molecular complexity index is 282. The Labute approximate surface area is 137 Å². The van der Waals surface area contributed by atoms with E-state index in [-0.39, 0.29) is 37.6 Å². The lowest BCUT2D eigenvalue weighted by Crippen LogP contribution is -2.18. The number of hydrogen-bond donors (Lipinski definition) is 2. The summed E-state index contributed by atoms with van der Waals surface area (Å²) >= 11 is 0. The Morgan fingerprint density at radius 3 is 1.13 bits per heavy atom. The van der Waals surface area contributed by atoms with Gasteiger partial charge < -0.3 is 24.8 Å². The molecule has 0 saturated heterocycles. The lowest BCUT2D eigenvalue weighted by Gasteiger charge is -1.97. The van der Waals surface area contributed by atoms with Crippen LogP contribution >= 0.6 is 0 Å². The summed E-state index contributed by atoms with van der Waals surface area (Å²) in [5, 5.41) is 5.15. The highest BCUT2D eigenvalue weighted by molar-refractivity contribution is 5.80. The second kappa shape index (κ2) is 19.8. The van der Waals surface area contributed by atoms with E-state index in [4.69, 9.17) is 0 Å². The second-order valence-electron chi connectivity index (χ2n) is 3.90. The largest absolute Gasteiger partial charge is 0.469 e. The van der Waals surface area contributed by atoms with Crippen molar-refractivity contribution in [3.8, 4) is 0 Å². The molecule has 0 radical (unpaired) electrons. The highest BCUT2D eigenvalue weighted by atomic mass is 16.5. The number of nitrogens with one attached hydrogen (secondary N) is 2. The summed E-state index contributed by atoms with van der Waals surface area (Å²) in [5.41, 5.74) is 0. The van der Waals surface area contributed by atoms with Gasteiger partial charge in [-0.1, -0.05) is 0 Å². The van der Waals surface area contributed by atoms with E-state index in [9.17, 15) is 19.2 Å². The number of carbonyl (C=O) groups excluding carboxylic acids is 4. The standard InChI is InChI=1S/C6H11NO3.C6H10O4.C2H7N/c1-7-5(8)3-4-6(9)10-2;1-9-5(7)3-4-6(8)10-2;1-3-2/h3-4H2,1-2H3,(H,7,8);3-4H2,1-2H3;3H,1-2H3. The van der Waals surface area contributed by atoms with E-state index >= 15 is 0 Å². The van der Waals surface area contributed by atoms with Crippen LogP contribution in [0.2, 0.25) is 0 Å². The van der Waals surface area contributed by atoms with Crippen LogP contribution in [0.1, 0.15) is 25.7 Å². The number of methoxy groups -OCH3 is 3. The van der Waals surface area contributed by atoms with Gasteiger partial charge >= 0.3 is 17.9 Å². The fourth-order valence-corrected chi connectivity index (χ4v) is 0.851. The minimum Gasteiger partial charge on any atom is -0.469 e. The van der Waals surface area contributed by atoms with E-state index in [1.807, 2.05) is 14.1 Å². The molecule has 0 aromatic carbocycles. The number of esters is 3. The highest BCUT2D eigenvalue weighted by Crippen LogP contribution is 1.92. The molecule has 9 nitrogen and oxygen atoms in total. The maximum absolute atomic E-state index is 10.5. The maximum atomic E-state index is 10.5. The molecule has 0 heterocycles. The predicted molar refractivity (Wildman–Crippen MR) is 83.6 cm³/mol. The van der Waals surface area contributed by atoms with Crippen molar-refractivity contribution in [3.63, 3.8) is 0 Å². The van der Waals surface area contributed by atoms with Gasteiger partial charge in [0, 0.05) is 13.5 Å². The van der Waals surface area contributed by atoms with Crippen molar-refractivity contribution in [1.29, 1.82) is 0 Å². The molecule has 0 aliphatic rings. The minimum atomic E-state index is -0.398. The van der Waals surface area contributed by atoms with Crippen molar-refractivity contribution in [1.82, 2.24) is 10.6 Å². The third-order valence-corrected chi connectivity index (χ3v) is 2.05. The molecule has 0 aromatic heterocycles. The van der Waals surface area contributed by atoms with Gasteiger partial charge in [-0.05, 0) is 14.1 Å². The van der Waals surface area contributed by atoms with Crippen LogP contribution in [0.4, 0.5) is 0 Å². The molecule has 0 aromatic rings. The van der Waals surface area contributed by atoms with Crippen molar-refractivity contribution in [3.05, 3.63) is 0 Å². The van der Waals surface area contributed by atoms with Gasteiger partial charge in [0.15, 0.2) is 0 Å². The van der Waals surface area contributed by atoms with E-state index in [0.717, 1.165) is 0 Å². The van der Waals surface area contributed by atoms with Gasteiger partial charge in [-0.2, -0.15) is 0 Å². The summed E-state index contributed by atoms with van der Waals surface area (Å²) < 4.78 is 12.9. The molecule has 0 fully saturated rings. The molecule has 0 rings (SSSR count). The zero-order chi connectivity index (χ0) is 18.7. The molecule has 0 aliphatic heterocycles. The maximum Gasteiger partial charge on any atom is 0.306 e. The molecule has 1 amide bonds. The summed E-state index contributed by atoms with van der Waals surface area (Å²) in [4.78, 5) is 41.7. The topological polar surface area (TPSA) is 120 Å². The van der Waals surface area contributed by atoms with Crippen LogP contribution in [0.5, 0.6) is 0 Å². The Hall–Kier alpha value is -2.16. The van der Waals surface area contributed by atoms with Gasteiger partial charge in [-0.25, -0.2) is 0 Å². The van der Waals surface area contributed by atoms with Crippen molar-refractivity contribution in [2.45, 2.75) is 25.7 Å². The Morgan fingerprint density at radius 1 is 0.652 bits per heavy atom. The average Bonchev–Trinajstić information content (AvgIpc) is 2.57. The Kier molecular flexibility index (Phi) is 22.2. The van der Waals surface area contributed by atoms with Gasteiger partial charge in [-0.3, -0.25) is 19.2 Å². The van der Waals surface area contributed by atoms with Crippen LogP contribution < -0.4 is 10.6 Å². The third-order valence-electron chi connectivity index (χ3n) is 2.05. The number of hydrogen-bond acceptors (Lipinski definition) is 8. The van der Waals surface area contributed by atoms with Crippen molar-refractivity contribution in [2.75, 3.05) is 42.5 Å². The first-order valence-corrected chi connectivity index (χ1v) is 6.82. The lowest BCUT2D eigenvalue weighted by atomic mass is 10.3. The monoisotopic (exact) mass is 336 g/mol. The third kappa shape index (κ3) is 25.2. The molecular formula is C14H28N2O7. The van der Waals surface area contributed by atoms with Gasteiger partial charge in [0.1, 0.15) is 0 Å². The first-order valence-electron chi connectivity index (χ1n) is 6.82. The van der Waals surface area contributed by atoms with Crippen LogP contribution in [-0.2, 0) is 33.4 Å². The van der Waals surface area contributed by atoms with E-state index in [1.165, 1.54) is 28.4 Å². The Morgan fingerprint density at radius 2 is 0.913 bits per heavy atom. The van der Waals surface area contributed by atoms with Crippen LogP contribution in [0.15, 0.2) is 0 Å². The molecule has 0 aliphatic carbocycles. The van der Waals surface area contributed by atoms with E-state index in [2.05, 4.69) is 24.8 Å². The molecular weight excluding hydrogens is 308 g/mol. The molecule has 0 saturated carbocycles. The van der Waals surface area contributed by atoms with Crippen LogP contribution in [0.3, 0.4) is 0 Å². The molecule has 23 heavy (non-hydrogen) atoms. The predicted octanol–water partition coefficient (Wildman–Crippen LogP) is -0.366. The van der Waals surface area contributed by atoms with Crippen LogP contribution in [-0.4, -0.2) is 66.3 Å². The van der Waals surface area contributed by atoms with Gasteiger partial charge in [0.25, 0.3) is 0 Å². The average molecular weight is 336 g/mol. The zero-order valence-corrected chi connectivity index (χ0v) is 14.7. The van der Waals surface area contributed by atoms with E-state index < -0.39 is 11.9 Å². The van der Waals surface area contributed by atoms with Crippen molar-refractivity contribution in [2.24, 2.45) is 0 Å². The van der Waals surface area contributed by atoms with E-state index in [1.54, 1.807) is 0 Å². The molecule has 136 valence electrons. The molecule has 0 bridgehead atoms. The summed E-state index contributed by atoms with van der Waals surface area (Å²) in [6.07, 6.45) is 0.520. The Balaban J connectivity index is -0.000000297. The first kappa shape index (κ1) is 25.8. The normalized spacial score (nSPS) is 8.26. The quantitative estimate of drug-likeness (QED) is 0.498. The highest BCUT2D eigenvalue weighted by Gasteiger charge is 2.05. The van der Waals surface area contributed by atoms with Crippen molar-refractivity contribution < 1.29 is 33.4 Å².